The van der Waals surface area contributed by atoms with Crippen molar-refractivity contribution in [1.29, 1.82) is 0 Å². The second-order valence-corrected chi connectivity index (χ2v) is 11.0. The molecule has 37 heavy (non-hydrogen) atoms. The van der Waals surface area contributed by atoms with Crippen LogP contribution in [0.2, 0.25) is 5.02 Å². The van der Waals surface area contributed by atoms with Gasteiger partial charge >= 0.3 is 88.7 Å². The number of rotatable bonds is 5. The van der Waals surface area contributed by atoms with Gasteiger partial charge in [0.1, 0.15) is 19.9 Å². The van der Waals surface area contributed by atoms with Gasteiger partial charge in [-0.15, -0.1) is 5.11 Å². The van der Waals surface area contributed by atoms with Crippen molar-refractivity contribution in [1.82, 2.24) is 0 Å². The number of benzene rings is 3. The summed E-state index contributed by atoms with van der Waals surface area (Å²) in [6.07, 6.45) is 0. The SMILES string of the molecule is Nc1cc(S(=O)(=O)[O-])cc2cc(S(=O)(=O)O)c(N=Nc3ccc(S(=O)(=O)O)c(Cl)c3[O-])c([O-])c12.[Na+].[Na+].[Na+]. The number of nitrogens with two attached hydrogens (primary N) is 1. The first-order chi connectivity index (χ1) is 15.4. The van der Waals surface area contributed by atoms with Gasteiger partial charge in [0.2, 0.25) is 0 Å². The van der Waals surface area contributed by atoms with Gasteiger partial charge < -0.3 is 20.5 Å². The van der Waals surface area contributed by atoms with E-state index in [-0.39, 0.29) is 88.7 Å². The van der Waals surface area contributed by atoms with Crippen molar-refractivity contribution in [3.8, 4) is 11.5 Å². The molecule has 14 nitrogen and oxygen atoms in total. The summed E-state index contributed by atoms with van der Waals surface area (Å²) in [5.41, 5.74) is 3.39. The van der Waals surface area contributed by atoms with Gasteiger partial charge in [0.05, 0.1) is 21.3 Å². The molecule has 4 N–H and O–H groups in total. The molecule has 0 heterocycles. The fourth-order valence-electron chi connectivity index (χ4n) is 2.82. The predicted molar refractivity (Wildman–Crippen MR) is 110 cm³/mol. The fourth-order valence-corrected chi connectivity index (χ4v) is 5.03. The van der Waals surface area contributed by atoms with Crippen molar-refractivity contribution in [2.75, 3.05) is 5.73 Å². The summed E-state index contributed by atoms with van der Waals surface area (Å²) in [6.45, 7) is 0. The van der Waals surface area contributed by atoms with E-state index >= 15 is 0 Å². The van der Waals surface area contributed by atoms with Crippen molar-refractivity contribution >= 4 is 69.8 Å². The Kier molecular flexibility index (Phi) is 13.0. The number of hydrogen-bond acceptors (Lipinski definition) is 12. The van der Waals surface area contributed by atoms with Crippen LogP contribution in [0.25, 0.3) is 10.8 Å². The van der Waals surface area contributed by atoms with Crippen molar-refractivity contribution in [2.45, 2.75) is 14.7 Å². The quantitative estimate of drug-likeness (QED) is 0.104. The number of halogens is 1. The third-order valence-corrected chi connectivity index (χ3v) is 7.34. The van der Waals surface area contributed by atoms with E-state index in [4.69, 9.17) is 21.9 Å². The second kappa shape index (κ2) is 13.1. The molecule has 0 fully saturated rings. The molecule has 0 unspecified atom stereocenters. The van der Waals surface area contributed by atoms with E-state index in [1.54, 1.807) is 0 Å². The molecule has 3 aromatic rings. The van der Waals surface area contributed by atoms with Crippen LogP contribution >= 0.6 is 11.6 Å². The molecular weight excluding hydrogens is 611 g/mol. The maximum Gasteiger partial charge on any atom is 1.00 e. The number of fused-ring (bicyclic) bond motifs is 1. The summed E-state index contributed by atoms with van der Waals surface area (Å²) < 4.78 is 98.5. The number of nitrogen functional groups attached to an aromatic ring is 1. The zero-order chi connectivity index (χ0) is 25.8. The largest absolute Gasteiger partial charge is 1.00 e. The summed E-state index contributed by atoms with van der Waals surface area (Å²) in [4.78, 5) is -2.98. The Bertz CT molecular complexity index is 1730. The Labute approximate surface area is 281 Å². The summed E-state index contributed by atoms with van der Waals surface area (Å²) >= 11 is 5.61. The van der Waals surface area contributed by atoms with E-state index in [1.807, 2.05) is 0 Å². The molecule has 0 aromatic heterocycles. The Balaban J connectivity index is 0.00000432. The topological polar surface area (TPSA) is 263 Å². The minimum atomic E-state index is -5.20. The van der Waals surface area contributed by atoms with E-state index in [0.29, 0.717) is 24.3 Å². The summed E-state index contributed by atoms with van der Waals surface area (Å²) in [5.74, 6) is -2.53. The summed E-state index contributed by atoms with van der Waals surface area (Å²) in [6, 6.07) is 3.37. The molecule has 0 bridgehead atoms. The number of anilines is 1. The zero-order valence-corrected chi connectivity index (χ0v) is 28.2. The van der Waals surface area contributed by atoms with Crippen molar-refractivity contribution in [2.24, 2.45) is 10.2 Å². The Morgan fingerprint density at radius 3 is 1.84 bits per heavy atom. The smallest absolute Gasteiger partial charge is 0.870 e. The van der Waals surface area contributed by atoms with Crippen molar-refractivity contribution in [3.05, 3.63) is 35.4 Å². The number of nitrogens with zero attached hydrogens (tertiary/aromatic N) is 2. The van der Waals surface area contributed by atoms with Crippen LogP contribution in [0.1, 0.15) is 0 Å². The molecular formula is C16H9ClN3Na3O11S3. The maximum atomic E-state index is 12.9. The molecule has 0 amide bonds. The molecule has 0 radical (unpaired) electrons. The predicted octanol–water partition coefficient (Wildman–Crippen LogP) is -7.95. The van der Waals surface area contributed by atoms with E-state index in [2.05, 4.69) is 10.2 Å². The van der Waals surface area contributed by atoms with Gasteiger partial charge in [0, 0.05) is 5.69 Å². The Hall–Kier alpha value is -0.0600. The molecule has 0 aliphatic heterocycles. The molecule has 0 atom stereocenters. The first-order valence-electron chi connectivity index (χ1n) is 8.32. The number of hydrogen-bond donors (Lipinski definition) is 3. The standard InChI is InChI=1S/C16H12ClN3O11S3.3Na/c17-13-10(33(26,27)28)2-1-9(15(13)21)19-20-14-11(34(29,30)31)4-6-3-7(32(23,24)25)5-8(18)12(6)16(14)22;;;/h1-5,21-22H,18H2,(H,23,24,25)(H,26,27,28)(H,29,30,31);;;/q;3*+1/p-3. The van der Waals surface area contributed by atoms with E-state index in [0.717, 1.165) is 6.07 Å². The van der Waals surface area contributed by atoms with Crippen LogP contribution in [0.5, 0.6) is 11.5 Å². The Morgan fingerprint density at radius 2 is 1.35 bits per heavy atom. The average molecular weight is 620 g/mol. The van der Waals surface area contributed by atoms with Gasteiger partial charge in [-0.25, -0.2) is 8.42 Å². The van der Waals surface area contributed by atoms with Crippen molar-refractivity contribution < 1.29 is 138 Å². The van der Waals surface area contributed by atoms with Gasteiger partial charge in [-0.1, -0.05) is 23.1 Å². The van der Waals surface area contributed by atoms with Crippen molar-refractivity contribution in [3.63, 3.8) is 0 Å². The van der Waals surface area contributed by atoms with Crippen LogP contribution in [0, 0.1) is 0 Å². The van der Waals surface area contributed by atoms with Gasteiger partial charge in [-0.2, -0.15) is 21.9 Å². The Morgan fingerprint density at radius 1 is 0.811 bits per heavy atom. The molecule has 21 heteroatoms. The van der Waals surface area contributed by atoms with Crippen LogP contribution < -0.4 is 105 Å². The van der Waals surface area contributed by atoms with Crippen LogP contribution in [0.15, 0.2) is 55.2 Å². The second-order valence-electron chi connectivity index (χ2n) is 6.49. The molecule has 0 saturated carbocycles. The van der Waals surface area contributed by atoms with Gasteiger partial charge in [0.15, 0.2) is 0 Å². The summed E-state index contributed by atoms with van der Waals surface area (Å²) in [5, 5.41) is 30.0. The molecule has 0 spiro atoms. The van der Waals surface area contributed by atoms with E-state index in [9.17, 15) is 44.6 Å². The maximum absolute atomic E-state index is 12.9. The van der Waals surface area contributed by atoms with Crippen LogP contribution in [-0.2, 0) is 30.4 Å². The van der Waals surface area contributed by atoms with Crippen LogP contribution in [-0.4, -0.2) is 38.9 Å². The fraction of sp³-hybridized carbons (Fsp3) is 0. The van der Waals surface area contributed by atoms with E-state index in [1.165, 1.54) is 0 Å². The molecule has 0 saturated heterocycles. The monoisotopic (exact) mass is 619 g/mol. The first-order valence-corrected chi connectivity index (χ1v) is 13.0. The average Bonchev–Trinajstić information content (AvgIpc) is 2.67. The van der Waals surface area contributed by atoms with Gasteiger partial charge in [-0.05, 0) is 41.1 Å². The minimum Gasteiger partial charge on any atom is -0.870 e. The normalized spacial score (nSPS) is 12.0. The molecule has 3 rings (SSSR count). The third kappa shape index (κ3) is 8.00. The first kappa shape index (κ1) is 36.9. The number of azo groups is 1. The van der Waals surface area contributed by atoms with Crippen LogP contribution in [0.4, 0.5) is 17.1 Å². The molecule has 0 aliphatic rings. The van der Waals surface area contributed by atoms with Crippen LogP contribution in [0.3, 0.4) is 0 Å². The third-order valence-electron chi connectivity index (χ3n) is 4.28. The zero-order valence-electron chi connectivity index (χ0n) is 19.0. The molecule has 0 aliphatic carbocycles. The molecule has 182 valence electrons. The minimum absolute atomic E-state index is 0. The van der Waals surface area contributed by atoms with Gasteiger partial charge in [0.25, 0.3) is 20.2 Å². The van der Waals surface area contributed by atoms with Gasteiger partial charge in [-0.3, -0.25) is 9.11 Å². The molecule has 3 aromatic carbocycles. The van der Waals surface area contributed by atoms with E-state index < -0.39 is 89.4 Å². The summed E-state index contributed by atoms with van der Waals surface area (Å²) in [7, 11) is -15.1.